The van der Waals surface area contributed by atoms with Crippen molar-refractivity contribution in [1.29, 1.82) is 0 Å². The minimum absolute atomic E-state index is 0.253. The first-order valence-corrected chi connectivity index (χ1v) is 8.67. The molecule has 0 aliphatic carbocycles. The topological polar surface area (TPSA) is 28.1 Å². The smallest absolute Gasteiger partial charge is 0.216 e. The Morgan fingerprint density at radius 2 is 1.54 bits per heavy atom. The summed E-state index contributed by atoms with van der Waals surface area (Å²) >= 11 is 0. The van der Waals surface area contributed by atoms with E-state index < -0.39 is 0 Å². The third kappa shape index (κ3) is 3.44. The molecule has 1 atom stereocenters. The fraction of sp³-hybridized carbons (Fsp3) is 0.350. The second-order valence-electron chi connectivity index (χ2n) is 6.39. The molecule has 0 saturated carbocycles. The van der Waals surface area contributed by atoms with Crippen molar-refractivity contribution in [2.45, 2.75) is 6.04 Å². The summed E-state index contributed by atoms with van der Waals surface area (Å²) < 4.78 is 5.80. The fourth-order valence-electron chi connectivity index (χ4n) is 3.37. The van der Waals surface area contributed by atoms with Gasteiger partial charge in [-0.15, -0.1) is 0 Å². The molecule has 0 spiro atoms. The van der Waals surface area contributed by atoms with Crippen molar-refractivity contribution in [2.24, 2.45) is 4.99 Å². The van der Waals surface area contributed by atoms with Crippen LogP contribution in [-0.4, -0.2) is 56.2 Å². The van der Waals surface area contributed by atoms with Gasteiger partial charge in [-0.2, -0.15) is 0 Å². The van der Waals surface area contributed by atoms with Crippen LogP contribution in [0, 0.1) is 0 Å². The quantitative estimate of drug-likeness (QED) is 0.867. The van der Waals surface area contributed by atoms with Gasteiger partial charge < -0.3 is 9.64 Å². The number of hydrogen-bond acceptors (Lipinski definition) is 4. The van der Waals surface area contributed by atoms with Gasteiger partial charge in [-0.1, -0.05) is 36.4 Å². The van der Waals surface area contributed by atoms with Crippen molar-refractivity contribution in [3.63, 3.8) is 0 Å². The molecule has 0 unspecified atom stereocenters. The minimum Gasteiger partial charge on any atom is -0.475 e. The third-order valence-electron chi connectivity index (χ3n) is 4.70. The van der Waals surface area contributed by atoms with E-state index in [1.165, 1.54) is 5.69 Å². The normalized spacial score (nSPS) is 21.4. The molecule has 2 heterocycles. The molecule has 0 aromatic heterocycles. The van der Waals surface area contributed by atoms with E-state index >= 15 is 0 Å². The van der Waals surface area contributed by atoms with Gasteiger partial charge in [-0.25, -0.2) is 4.99 Å². The summed E-state index contributed by atoms with van der Waals surface area (Å²) in [5.74, 6) is 0.795. The van der Waals surface area contributed by atoms with Crippen LogP contribution in [0.5, 0.6) is 0 Å². The highest BCUT2D eigenvalue weighted by atomic mass is 16.5. The van der Waals surface area contributed by atoms with Gasteiger partial charge in [-0.3, -0.25) is 4.90 Å². The van der Waals surface area contributed by atoms with Crippen LogP contribution in [0.25, 0.3) is 0 Å². The summed E-state index contributed by atoms with van der Waals surface area (Å²) in [6.45, 7) is 6.00. The lowest BCUT2D eigenvalue weighted by molar-refractivity contribution is 0.220. The highest BCUT2D eigenvalue weighted by Crippen LogP contribution is 2.17. The Labute approximate surface area is 143 Å². The molecule has 1 saturated heterocycles. The molecule has 0 bridgehead atoms. The third-order valence-corrected chi connectivity index (χ3v) is 4.70. The number of ether oxygens (including phenoxy) is 1. The molecule has 24 heavy (non-hydrogen) atoms. The molecule has 4 rings (SSSR count). The number of aliphatic imine (C=N–C) groups is 1. The average Bonchev–Trinajstić information content (AvgIpc) is 3.12. The Hall–Kier alpha value is -2.33. The maximum atomic E-state index is 5.80. The van der Waals surface area contributed by atoms with Gasteiger partial charge in [0.05, 0.1) is 0 Å². The number of hydrogen-bond donors (Lipinski definition) is 0. The predicted octanol–water partition coefficient (Wildman–Crippen LogP) is 2.65. The lowest BCUT2D eigenvalue weighted by atomic mass is 10.2. The zero-order valence-corrected chi connectivity index (χ0v) is 13.8. The molecule has 0 amide bonds. The Kier molecular flexibility index (Phi) is 4.47. The summed E-state index contributed by atoms with van der Waals surface area (Å²) in [4.78, 5) is 9.73. The van der Waals surface area contributed by atoms with E-state index in [1.807, 2.05) is 18.2 Å². The van der Waals surface area contributed by atoms with Gasteiger partial charge in [0.1, 0.15) is 12.6 Å². The predicted molar refractivity (Wildman–Crippen MR) is 97.8 cm³/mol. The molecule has 4 nitrogen and oxygen atoms in total. The minimum atomic E-state index is 0.253. The molecule has 2 aromatic rings. The van der Waals surface area contributed by atoms with Crippen molar-refractivity contribution < 1.29 is 4.74 Å². The Morgan fingerprint density at radius 3 is 2.25 bits per heavy atom. The first kappa shape index (κ1) is 15.2. The van der Waals surface area contributed by atoms with Gasteiger partial charge in [0, 0.05) is 44.0 Å². The molecular formula is C20H23N3O. The summed E-state index contributed by atoms with van der Waals surface area (Å²) in [7, 11) is 0. The second kappa shape index (κ2) is 7.05. The number of rotatable bonds is 4. The fourth-order valence-corrected chi connectivity index (χ4v) is 3.37. The largest absolute Gasteiger partial charge is 0.475 e. The standard InChI is InChI=1S/C20H23N3O/c1-3-7-17(8-4-1)20-21-18(16-24-20)15-22-11-13-23(14-12-22)19-9-5-2-6-10-19/h1-10,18H,11-16H2/t18-/m1/s1. The molecule has 4 heteroatoms. The van der Waals surface area contributed by atoms with Crippen LogP contribution in [0.2, 0.25) is 0 Å². The van der Waals surface area contributed by atoms with Crippen LogP contribution < -0.4 is 4.90 Å². The zero-order valence-electron chi connectivity index (χ0n) is 13.8. The maximum absolute atomic E-state index is 5.80. The summed E-state index contributed by atoms with van der Waals surface area (Å²) in [6, 6.07) is 21.1. The van der Waals surface area contributed by atoms with E-state index in [2.05, 4.69) is 52.3 Å². The number of nitrogens with zero attached hydrogens (tertiary/aromatic N) is 3. The lowest BCUT2D eigenvalue weighted by Gasteiger charge is -2.36. The number of benzene rings is 2. The van der Waals surface area contributed by atoms with Gasteiger partial charge in [0.15, 0.2) is 0 Å². The number of para-hydroxylation sites is 1. The van der Waals surface area contributed by atoms with Crippen molar-refractivity contribution in [2.75, 3.05) is 44.2 Å². The second-order valence-corrected chi connectivity index (χ2v) is 6.39. The molecule has 1 fully saturated rings. The maximum Gasteiger partial charge on any atom is 0.216 e. The lowest BCUT2D eigenvalue weighted by Crippen LogP contribution is -2.48. The molecule has 0 N–H and O–H groups in total. The van der Waals surface area contributed by atoms with Crippen LogP contribution in [0.1, 0.15) is 5.56 Å². The van der Waals surface area contributed by atoms with Crippen LogP contribution in [0.3, 0.4) is 0 Å². The highest BCUT2D eigenvalue weighted by molar-refractivity contribution is 5.95. The van der Waals surface area contributed by atoms with Crippen LogP contribution in [0.4, 0.5) is 5.69 Å². The average molecular weight is 321 g/mol. The molecule has 124 valence electrons. The summed E-state index contributed by atoms with van der Waals surface area (Å²) in [5, 5.41) is 0. The molecule has 2 aromatic carbocycles. The Bertz CT molecular complexity index is 679. The number of anilines is 1. The molecule has 2 aliphatic heterocycles. The van der Waals surface area contributed by atoms with Gasteiger partial charge in [0.2, 0.25) is 5.90 Å². The van der Waals surface area contributed by atoms with Crippen molar-refractivity contribution in [3.8, 4) is 0 Å². The summed E-state index contributed by atoms with van der Waals surface area (Å²) in [6.07, 6.45) is 0. The highest BCUT2D eigenvalue weighted by Gasteiger charge is 2.24. The zero-order chi connectivity index (χ0) is 16.2. The van der Waals surface area contributed by atoms with Crippen molar-refractivity contribution >= 4 is 11.6 Å². The first-order chi connectivity index (χ1) is 11.9. The number of piperazine rings is 1. The monoisotopic (exact) mass is 321 g/mol. The van der Waals surface area contributed by atoms with Gasteiger partial charge in [-0.05, 0) is 24.3 Å². The Morgan fingerprint density at radius 1 is 0.875 bits per heavy atom. The van der Waals surface area contributed by atoms with Crippen molar-refractivity contribution in [1.82, 2.24) is 4.90 Å². The van der Waals surface area contributed by atoms with Crippen LogP contribution in [-0.2, 0) is 4.74 Å². The van der Waals surface area contributed by atoms with Crippen molar-refractivity contribution in [3.05, 3.63) is 66.2 Å². The van der Waals surface area contributed by atoms with E-state index in [1.54, 1.807) is 0 Å². The molecule has 0 radical (unpaired) electrons. The first-order valence-electron chi connectivity index (χ1n) is 8.67. The summed E-state index contributed by atoms with van der Waals surface area (Å²) in [5.41, 5.74) is 2.40. The van der Waals surface area contributed by atoms with Crippen LogP contribution >= 0.6 is 0 Å². The van der Waals surface area contributed by atoms with E-state index in [4.69, 9.17) is 9.73 Å². The Balaban J connectivity index is 1.31. The molecular weight excluding hydrogens is 298 g/mol. The van der Waals surface area contributed by atoms with Gasteiger partial charge >= 0.3 is 0 Å². The van der Waals surface area contributed by atoms with Gasteiger partial charge in [0.25, 0.3) is 0 Å². The van der Waals surface area contributed by atoms with E-state index in [0.717, 1.165) is 44.2 Å². The van der Waals surface area contributed by atoms with E-state index in [-0.39, 0.29) is 6.04 Å². The van der Waals surface area contributed by atoms with Crippen LogP contribution in [0.15, 0.2) is 65.7 Å². The van der Waals surface area contributed by atoms with E-state index in [0.29, 0.717) is 6.61 Å². The SMILES string of the molecule is c1ccc(C2=N[C@H](CN3CCN(c4ccccc4)CC3)CO2)cc1. The van der Waals surface area contributed by atoms with E-state index in [9.17, 15) is 0 Å². The molecule has 2 aliphatic rings.